The van der Waals surface area contributed by atoms with E-state index < -0.39 is 0 Å². The Morgan fingerprint density at radius 3 is 2.71 bits per heavy atom. The number of hydrogen-bond donors (Lipinski definition) is 2. The molecule has 0 spiro atoms. The quantitative estimate of drug-likeness (QED) is 0.899. The van der Waals surface area contributed by atoms with E-state index in [-0.39, 0.29) is 12.1 Å². The zero-order chi connectivity index (χ0) is 14.5. The monoisotopic (exact) mass is 290 g/mol. The lowest BCUT2D eigenvalue weighted by atomic mass is 9.96. The van der Waals surface area contributed by atoms with Crippen LogP contribution in [0.4, 0.5) is 4.79 Å². The van der Waals surface area contributed by atoms with Gasteiger partial charge < -0.3 is 20.1 Å². The van der Waals surface area contributed by atoms with Crippen molar-refractivity contribution in [1.82, 2.24) is 10.6 Å². The summed E-state index contributed by atoms with van der Waals surface area (Å²) in [6, 6.07) is 7.80. The number of rotatable bonds is 3. The first kappa shape index (κ1) is 14.0. The minimum Gasteiger partial charge on any atom is -0.486 e. The molecule has 0 bridgehead atoms. The summed E-state index contributed by atoms with van der Waals surface area (Å²) in [6.45, 7) is 0.910. The van der Waals surface area contributed by atoms with Gasteiger partial charge >= 0.3 is 6.03 Å². The fourth-order valence-electron chi connectivity index (χ4n) is 2.85. The fraction of sp³-hybridized carbons (Fsp3) is 0.562. The molecule has 1 aliphatic carbocycles. The Balaban J connectivity index is 1.42. The molecule has 2 N–H and O–H groups in total. The van der Waals surface area contributed by atoms with Crippen LogP contribution >= 0.6 is 0 Å². The Morgan fingerprint density at radius 1 is 1.14 bits per heavy atom. The number of carbonyl (C=O) groups is 1. The van der Waals surface area contributed by atoms with Crippen molar-refractivity contribution >= 4 is 6.03 Å². The summed E-state index contributed by atoms with van der Waals surface area (Å²) >= 11 is 0. The molecule has 1 aromatic carbocycles. The molecular weight excluding hydrogens is 268 g/mol. The lowest BCUT2D eigenvalue weighted by Gasteiger charge is -2.27. The van der Waals surface area contributed by atoms with Crippen LogP contribution in [-0.2, 0) is 0 Å². The molecule has 1 aliphatic heterocycles. The molecule has 1 atom stereocenters. The summed E-state index contributed by atoms with van der Waals surface area (Å²) in [5.74, 6) is 1.50. The van der Waals surface area contributed by atoms with Gasteiger partial charge in [-0.2, -0.15) is 0 Å². The Morgan fingerprint density at radius 2 is 1.90 bits per heavy atom. The van der Waals surface area contributed by atoms with Crippen LogP contribution in [0.1, 0.15) is 32.1 Å². The smallest absolute Gasteiger partial charge is 0.315 e. The van der Waals surface area contributed by atoms with E-state index in [1.165, 1.54) is 19.3 Å². The van der Waals surface area contributed by atoms with E-state index in [0.717, 1.165) is 24.3 Å². The minimum absolute atomic E-state index is 0.107. The molecule has 0 radical (unpaired) electrons. The lowest BCUT2D eigenvalue weighted by molar-refractivity contribution is 0.0916. The second kappa shape index (κ2) is 6.70. The molecule has 21 heavy (non-hydrogen) atoms. The zero-order valence-electron chi connectivity index (χ0n) is 12.1. The molecule has 1 unspecified atom stereocenters. The maximum Gasteiger partial charge on any atom is 0.315 e. The van der Waals surface area contributed by atoms with Crippen LogP contribution in [-0.4, -0.2) is 31.3 Å². The standard InChI is InChI=1S/C16H22N2O3/c19-16(18-12-6-2-1-3-7-12)17-10-13-11-20-14-8-4-5-9-15(14)21-13/h4-5,8-9,12-13H,1-3,6-7,10-11H2,(H2,17,18,19). The molecule has 3 rings (SSSR count). The summed E-state index contributed by atoms with van der Waals surface area (Å²) < 4.78 is 11.4. The number of hydrogen-bond acceptors (Lipinski definition) is 3. The first-order chi connectivity index (χ1) is 10.3. The van der Waals surface area contributed by atoms with Gasteiger partial charge in [0.15, 0.2) is 17.6 Å². The van der Waals surface area contributed by atoms with Crippen molar-refractivity contribution in [3.05, 3.63) is 24.3 Å². The number of amides is 2. The Labute approximate surface area is 125 Å². The third-order valence-corrected chi connectivity index (χ3v) is 4.00. The van der Waals surface area contributed by atoms with Crippen LogP contribution < -0.4 is 20.1 Å². The molecule has 0 aromatic heterocycles. The van der Waals surface area contributed by atoms with Gasteiger partial charge in [0.1, 0.15) is 6.61 Å². The fourth-order valence-corrected chi connectivity index (χ4v) is 2.85. The Kier molecular flexibility index (Phi) is 4.48. The summed E-state index contributed by atoms with van der Waals surface area (Å²) in [6.07, 6.45) is 5.74. The molecule has 0 saturated heterocycles. The highest BCUT2D eigenvalue weighted by Crippen LogP contribution is 2.30. The summed E-state index contributed by atoms with van der Waals surface area (Å²) in [5.41, 5.74) is 0. The highest BCUT2D eigenvalue weighted by Gasteiger charge is 2.22. The molecule has 1 saturated carbocycles. The summed E-state index contributed by atoms with van der Waals surface area (Å²) in [7, 11) is 0. The number of fused-ring (bicyclic) bond motifs is 1. The van der Waals surface area contributed by atoms with Crippen LogP contribution in [0.15, 0.2) is 24.3 Å². The molecule has 5 nitrogen and oxygen atoms in total. The number of nitrogens with one attached hydrogen (secondary N) is 2. The maximum atomic E-state index is 11.9. The van der Waals surface area contributed by atoms with Gasteiger partial charge in [-0.25, -0.2) is 4.79 Å². The van der Waals surface area contributed by atoms with Crippen molar-refractivity contribution in [2.75, 3.05) is 13.2 Å². The largest absolute Gasteiger partial charge is 0.486 e. The molecule has 1 fully saturated rings. The van der Waals surface area contributed by atoms with Crippen molar-refractivity contribution in [3.63, 3.8) is 0 Å². The van der Waals surface area contributed by atoms with Crippen LogP contribution in [0.5, 0.6) is 11.5 Å². The minimum atomic E-state index is -0.142. The number of ether oxygens (including phenoxy) is 2. The molecule has 5 heteroatoms. The van der Waals surface area contributed by atoms with E-state index in [4.69, 9.17) is 9.47 Å². The van der Waals surface area contributed by atoms with E-state index in [1.54, 1.807) is 0 Å². The summed E-state index contributed by atoms with van der Waals surface area (Å²) in [5, 5.41) is 5.91. The highest BCUT2D eigenvalue weighted by atomic mass is 16.6. The third kappa shape index (κ3) is 3.80. The predicted molar refractivity (Wildman–Crippen MR) is 79.8 cm³/mol. The van der Waals surface area contributed by atoms with Crippen molar-refractivity contribution in [2.24, 2.45) is 0 Å². The van der Waals surface area contributed by atoms with Crippen molar-refractivity contribution in [1.29, 1.82) is 0 Å². The number of para-hydroxylation sites is 2. The second-order valence-corrected chi connectivity index (χ2v) is 5.69. The molecule has 1 heterocycles. The molecule has 2 aliphatic rings. The van der Waals surface area contributed by atoms with Crippen LogP contribution in [0.3, 0.4) is 0 Å². The predicted octanol–water partition coefficient (Wildman–Crippen LogP) is 2.46. The third-order valence-electron chi connectivity index (χ3n) is 4.00. The SMILES string of the molecule is O=C(NCC1COc2ccccc2O1)NC1CCCCC1. The topological polar surface area (TPSA) is 59.6 Å². The van der Waals surface area contributed by atoms with Crippen molar-refractivity contribution < 1.29 is 14.3 Å². The number of carbonyl (C=O) groups excluding carboxylic acids is 1. The van der Waals surface area contributed by atoms with Crippen LogP contribution in [0, 0.1) is 0 Å². The van der Waals surface area contributed by atoms with E-state index in [0.29, 0.717) is 19.2 Å². The van der Waals surface area contributed by atoms with Gasteiger partial charge in [-0.15, -0.1) is 0 Å². The maximum absolute atomic E-state index is 11.9. The number of urea groups is 1. The first-order valence-corrected chi connectivity index (χ1v) is 7.74. The van der Waals surface area contributed by atoms with Gasteiger partial charge in [0.05, 0.1) is 6.54 Å². The Hall–Kier alpha value is -1.91. The first-order valence-electron chi connectivity index (χ1n) is 7.74. The van der Waals surface area contributed by atoms with E-state index >= 15 is 0 Å². The molecule has 2 amide bonds. The molecular formula is C16H22N2O3. The average molecular weight is 290 g/mol. The second-order valence-electron chi connectivity index (χ2n) is 5.69. The summed E-state index contributed by atoms with van der Waals surface area (Å²) in [4.78, 5) is 11.9. The van der Waals surface area contributed by atoms with E-state index in [9.17, 15) is 4.79 Å². The average Bonchev–Trinajstić information content (AvgIpc) is 2.54. The lowest BCUT2D eigenvalue weighted by Crippen LogP contribution is -2.47. The normalized spacial score (nSPS) is 21.6. The van der Waals surface area contributed by atoms with Crippen molar-refractivity contribution in [3.8, 4) is 11.5 Å². The van der Waals surface area contributed by atoms with Gasteiger partial charge in [0.2, 0.25) is 0 Å². The van der Waals surface area contributed by atoms with Gasteiger partial charge in [-0.1, -0.05) is 31.4 Å². The molecule has 114 valence electrons. The van der Waals surface area contributed by atoms with E-state index in [2.05, 4.69) is 10.6 Å². The Bertz CT molecular complexity index is 486. The zero-order valence-corrected chi connectivity index (χ0v) is 12.1. The van der Waals surface area contributed by atoms with Gasteiger partial charge in [0, 0.05) is 6.04 Å². The highest BCUT2D eigenvalue weighted by molar-refractivity contribution is 5.74. The number of benzene rings is 1. The van der Waals surface area contributed by atoms with Gasteiger partial charge in [-0.05, 0) is 25.0 Å². The van der Waals surface area contributed by atoms with Crippen molar-refractivity contribution in [2.45, 2.75) is 44.2 Å². The molecule has 1 aromatic rings. The van der Waals surface area contributed by atoms with Gasteiger partial charge in [0.25, 0.3) is 0 Å². The van der Waals surface area contributed by atoms with E-state index in [1.807, 2.05) is 24.3 Å². The van der Waals surface area contributed by atoms with Crippen LogP contribution in [0.25, 0.3) is 0 Å². The van der Waals surface area contributed by atoms with Crippen LogP contribution in [0.2, 0.25) is 0 Å². The van der Waals surface area contributed by atoms with Gasteiger partial charge in [-0.3, -0.25) is 0 Å².